The number of nitrogen functional groups attached to an aromatic ring is 1. The Kier molecular flexibility index (Phi) is 5.62. The van der Waals surface area contributed by atoms with Crippen LogP contribution in [0.4, 0.5) is 5.69 Å². The van der Waals surface area contributed by atoms with Gasteiger partial charge in [0.05, 0.1) is 0 Å². The first-order chi connectivity index (χ1) is 9.65. The number of aryl methyl sites for hydroxylation is 1. The van der Waals surface area contributed by atoms with Crippen molar-refractivity contribution in [1.29, 1.82) is 0 Å². The fraction of sp³-hybridized carbons (Fsp3) is 0.412. The van der Waals surface area contributed by atoms with E-state index in [1.165, 1.54) is 16.9 Å². The van der Waals surface area contributed by atoms with E-state index in [-0.39, 0.29) is 0 Å². The van der Waals surface area contributed by atoms with Crippen molar-refractivity contribution < 1.29 is 0 Å². The van der Waals surface area contributed by atoms with Crippen LogP contribution in [0.5, 0.6) is 0 Å². The van der Waals surface area contributed by atoms with Gasteiger partial charge in [-0.15, -0.1) is 11.3 Å². The highest BCUT2D eigenvalue weighted by Gasteiger charge is 2.10. The number of anilines is 1. The first-order valence-electron chi connectivity index (χ1n) is 7.26. The zero-order valence-corrected chi connectivity index (χ0v) is 13.2. The lowest BCUT2D eigenvalue weighted by atomic mass is 10.1. The van der Waals surface area contributed by atoms with Crippen LogP contribution in [-0.2, 0) is 13.0 Å². The highest BCUT2D eigenvalue weighted by molar-refractivity contribution is 7.09. The molecule has 0 aliphatic rings. The standard InChI is InChI=1S/C17H24N2S/c1-14(2)19(13-17-6-4-12-20-17)11-3-5-15-7-9-16(18)10-8-15/h4,6-10,12,14H,3,5,11,13,18H2,1-2H3. The monoisotopic (exact) mass is 288 g/mol. The lowest BCUT2D eigenvalue weighted by Gasteiger charge is -2.25. The molecular weight excluding hydrogens is 264 g/mol. The summed E-state index contributed by atoms with van der Waals surface area (Å²) in [6.07, 6.45) is 2.31. The largest absolute Gasteiger partial charge is 0.399 e. The molecule has 0 aliphatic heterocycles. The Labute approximate surface area is 126 Å². The summed E-state index contributed by atoms with van der Waals surface area (Å²) in [5.41, 5.74) is 7.93. The molecule has 1 aromatic heterocycles. The van der Waals surface area contributed by atoms with E-state index in [9.17, 15) is 0 Å². The maximum absolute atomic E-state index is 5.71. The molecule has 0 saturated heterocycles. The Morgan fingerprint density at radius 1 is 1.15 bits per heavy atom. The first-order valence-corrected chi connectivity index (χ1v) is 8.14. The summed E-state index contributed by atoms with van der Waals surface area (Å²) in [5, 5.41) is 2.15. The zero-order valence-electron chi connectivity index (χ0n) is 12.4. The van der Waals surface area contributed by atoms with Crippen LogP contribution in [0.15, 0.2) is 41.8 Å². The lowest BCUT2D eigenvalue weighted by molar-refractivity contribution is 0.212. The minimum atomic E-state index is 0.587. The van der Waals surface area contributed by atoms with E-state index in [1.54, 1.807) is 0 Å². The fourth-order valence-corrected chi connectivity index (χ4v) is 3.02. The fourth-order valence-electron chi connectivity index (χ4n) is 2.29. The van der Waals surface area contributed by atoms with E-state index in [2.05, 4.69) is 48.4 Å². The van der Waals surface area contributed by atoms with Crippen LogP contribution in [0.3, 0.4) is 0 Å². The molecule has 0 bridgehead atoms. The predicted molar refractivity (Wildman–Crippen MR) is 89.0 cm³/mol. The summed E-state index contributed by atoms with van der Waals surface area (Å²) in [4.78, 5) is 3.99. The van der Waals surface area contributed by atoms with Crippen molar-refractivity contribution in [3.05, 3.63) is 52.2 Å². The van der Waals surface area contributed by atoms with Gasteiger partial charge in [-0.25, -0.2) is 0 Å². The highest BCUT2D eigenvalue weighted by atomic mass is 32.1. The number of benzene rings is 1. The second-order valence-corrected chi connectivity index (χ2v) is 6.52. The maximum atomic E-state index is 5.71. The number of nitrogens with zero attached hydrogens (tertiary/aromatic N) is 1. The van der Waals surface area contributed by atoms with Gasteiger partial charge < -0.3 is 5.73 Å². The van der Waals surface area contributed by atoms with E-state index in [0.29, 0.717) is 6.04 Å². The SMILES string of the molecule is CC(C)N(CCCc1ccc(N)cc1)Cc1cccs1. The Hall–Kier alpha value is -1.32. The summed E-state index contributed by atoms with van der Waals surface area (Å²) in [6.45, 7) is 6.75. The molecule has 0 radical (unpaired) electrons. The van der Waals surface area contributed by atoms with Gasteiger partial charge in [0.1, 0.15) is 0 Å². The molecule has 3 heteroatoms. The van der Waals surface area contributed by atoms with Crippen molar-refractivity contribution in [2.45, 2.75) is 39.3 Å². The van der Waals surface area contributed by atoms with Crippen molar-refractivity contribution in [3.63, 3.8) is 0 Å². The highest BCUT2D eigenvalue weighted by Crippen LogP contribution is 2.15. The molecule has 0 atom stereocenters. The van der Waals surface area contributed by atoms with Gasteiger partial charge >= 0.3 is 0 Å². The molecule has 0 amide bonds. The average molecular weight is 288 g/mol. The molecule has 1 aromatic carbocycles. The lowest BCUT2D eigenvalue weighted by Crippen LogP contribution is -2.31. The van der Waals surface area contributed by atoms with Gasteiger partial charge in [0.25, 0.3) is 0 Å². The molecule has 2 rings (SSSR count). The van der Waals surface area contributed by atoms with Crippen LogP contribution in [0, 0.1) is 0 Å². The van der Waals surface area contributed by atoms with Crippen molar-refractivity contribution in [1.82, 2.24) is 4.90 Å². The quantitative estimate of drug-likeness (QED) is 0.775. The maximum Gasteiger partial charge on any atom is 0.0330 e. The molecule has 0 spiro atoms. The molecule has 0 fully saturated rings. The molecule has 0 saturated carbocycles. The first kappa shape index (κ1) is 15.1. The summed E-state index contributed by atoms with van der Waals surface area (Å²) >= 11 is 1.84. The van der Waals surface area contributed by atoms with Crippen LogP contribution >= 0.6 is 11.3 Å². The number of hydrogen-bond acceptors (Lipinski definition) is 3. The molecule has 0 aliphatic carbocycles. The zero-order chi connectivity index (χ0) is 14.4. The third-order valence-corrected chi connectivity index (χ3v) is 4.42. The van der Waals surface area contributed by atoms with Crippen LogP contribution in [0.25, 0.3) is 0 Å². The van der Waals surface area contributed by atoms with Gasteiger partial charge in [-0.2, -0.15) is 0 Å². The average Bonchev–Trinajstić information content (AvgIpc) is 2.92. The molecule has 2 N–H and O–H groups in total. The van der Waals surface area contributed by atoms with Crippen LogP contribution in [0.1, 0.15) is 30.7 Å². The molecule has 2 nitrogen and oxygen atoms in total. The summed E-state index contributed by atoms with van der Waals surface area (Å²) in [6, 6.07) is 13.2. The van der Waals surface area contributed by atoms with Crippen molar-refractivity contribution in [2.24, 2.45) is 0 Å². The van der Waals surface area contributed by atoms with Gasteiger partial charge in [-0.05, 0) is 62.4 Å². The molecule has 1 heterocycles. The Morgan fingerprint density at radius 2 is 1.90 bits per heavy atom. The smallest absolute Gasteiger partial charge is 0.0330 e. The predicted octanol–water partition coefficient (Wildman–Crippen LogP) is 4.17. The van der Waals surface area contributed by atoms with E-state index in [4.69, 9.17) is 5.73 Å². The molecule has 108 valence electrons. The topological polar surface area (TPSA) is 29.3 Å². The molecule has 0 unspecified atom stereocenters. The minimum absolute atomic E-state index is 0.587. The van der Waals surface area contributed by atoms with Crippen LogP contribution in [0.2, 0.25) is 0 Å². The van der Waals surface area contributed by atoms with Gasteiger partial charge in [-0.1, -0.05) is 18.2 Å². The molecule has 20 heavy (non-hydrogen) atoms. The Bertz CT molecular complexity index is 488. The summed E-state index contributed by atoms with van der Waals surface area (Å²) in [5.74, 6) is 0. The second kappa shape index (κ2) is 7.46. The van der Waals surface area contributed by atoms with Gasteiger partial charge in [0.2, 0.25) is 0 Å². The number of nitrogens with two attached hydrogens (primary N) is 1. The van der Waals surface area contributed by atoms with Gasteiger partial charge in [0.15, 0.2) is 0 Å². The van der Waals surface area contributed by atoms with Crippen molar-refractivity contribution >= 4 is 17.0 Å². The van der Waals surface area contributed by atoms with E-state index in [1.807, 2.05) is 23.5 Å². The van der Waals surface area contributed by atoms with E-state index >= 15 is 0 Å². The number of hydrogen-bond donors (Lipinski definition) is 1. The van der Waals surface area contributed by atoms with E-state index in [0.717, 1.165) is 25.2 Å². The van der Waals surface area contributed by atoms with Crippen molar-refractivity contribution in [2.75, 3.05) is 12.3 Å². The molecular formula is C17H24N2S. The van der Waals surface area contributed by atoms with Crippen LogP contribution < -0.4 is 5.73 Å². The third kappa shape index (κ3) is 4.66. The van der Waals surface area contributed by atoms with Crippen LogP contribution in [-0.4, -0.2) is 17.5 Å². The summed E-state index contributed by atoms with van der Waals surface area (Å²) in [7, 11) is 0. The number of rotatable bonds is 7. The Balaban J connectivity index is 1.81. The van der Waals surface area contributed by atoms with Gasteiger partial charge in [0, 0.05) is 23.2 Å². The number of thiophene rings is 1. The second-order valence-electron chi connectivity index (χ2n) is 5.49. The minimum Gasteiger partial charge on any atom is -0.399 e. The van der Waals surface area contributed by atoms with E-state index < -0.39 is 0 Å². The normalized spacial score (nSPS) is 11.4. The molecule has 2 aromatic rings. The summed E-state index contributed by atoms with van der Waals surface area (Å²) < 4.78 is 0. The Morgan fingerprint density at radius 3 is 2.50 bits per heavy atom. The van der Waals surface area contributed by atoms with Crippen molar-refractivity contribution in [3.8, 4) is 0 Å². The van der Waals surface area contributed by atoms with Gasteiger partial charge in [-0.3, -0.25) is 4.90 Å². The third-order valence-electron chi connectivity index (χ3n) is 3.56.